The SMILES string of the molecule is CNCc1cc(Br)c(OCc2nc(C)c(C)s2)c(OC)c1. The molecule has 0 saturated heterocycles. The Hall–Kier alpha value is -1.11. The number of benzene rings is 1. The Morgan fingerprint density at radius 3 is 2.67 bits per heavy atom. The predicted octanol–water partition coefficient (Wildman–Crippen LogP) is 3.83. The van der Waals surface area contributed by atoms with Crippen molar-refractivity contribution in [2.45, 2.75) is 27.0 Å². The standard InChI is InChI=1S/C15H19BrN2O2S/c1-9-10(2)21-14(18-9)8-20-15-12(16)5-11(7-17-3)6-13(15)19-4/h5-6,17H,7-8H2,1-4H3. The first kappa shape index (κ1) is 16.3. The lowest BCUT2D eigenvalue weighted by molar-refractivity contribution is 0.281. The van der Waals surface area contributed by atoms with E-state index in [9.17, 15) is 0 Å². The second-order valence-corrected chi connectivity index (χ2v) is 6.82. The number of rotatable bonds is 6. The maximum Gasteiger partial charge on any atom is 0.175 e. The highest BCUT2D eigenvalue weighted by atomic mass is 79.9. The Morgan fingerprint density at radius 1 is 1.33 bits per heavy atom. The van der Waals surface area contributed by atoms with Gasteiger partial charge in [-0.2, -0.15) is 0 Å². The fourth-order valence-electron chi connectivity index (χ4n) is 1.95. The largest absolute Gasteiger partial charge is 0.493 e. The Bertz CT molecular complexity index is 609. The number of hydrogen-bond acceptors (Lipinski definition) is 5. The number of methoxy groups -OCH3 is 1. The Kier molecular flexibility index (Phi) is 5.61. The summed E-state index contributed by atoms with van der Waals surface area (Å²) in [6.45, 7) is 5.30. The van der Waals surface area contributed by atoms with Crippen LogP contribution in [-0.2, 0) is 13.2 Å². The van der Waals surface area contributed by atoms with Crippen molar-refractivity contribution in [3.05, 3.63) is 37.7 Å². The third kappa shape index (κ3) is 3.96. The summed E-state index contributed by atoms with van der Waals surface area (Å²) in [4.78, 5) is 5.71. The van der Waals surface area contributed by atoms with Crippen LogP contribution in [0.25, 0.3) is 0 Å². The van der Waals surface area contributed by atoms with E-state index in [1.165, 1.54) is 4.88 Å². The van der Waals surface area contributed by atoms with Crippen molar-refractivity contribution < 1.29 is 9.47 Å². The number of thiazole rings is 1. The van der Waals surface area contributed by atoms with Gasteiger partial charge in [-0.1, -0.05) is 0 Å². The van der Waals surface area contributed by atoms with Crippen LogP contribution < -0.4 is 14.8 Å². The molecule has 4 nitrogen and oxygen atoms in total. The average molecular weight is 371 g/mol. The maximum atomic E-state index is 5.90. The molecule has 2 rings (SSSR count). The van der Waals surface area contributed by atoms with Gasteiger partial charge in [0.1, 0.15) is 11.6 Å². The molecule has 1 N–H and O–H groups in total. The molecule has 0 amide bonds. The van der Waals surface area contributed by atoms with Gasteiger partial charge in [0.25, 0.3) is 0 Å². The molecule has 1 heterocycles. The normalized spacial score (nSPS) is 10.7. The van der Waals surface area contributed by atoms with Gasteiger partial charge < -0.3 is 14.8 Å². The molecule has 0 aliphatic heterocycles. The van der Waals surface area contributed by atoms with Crippen LogP contribution in [0.15, 0.2) is 16.6 Å². The van der Waals surface area contributed by atoms with Gasteiger partial charge in [0.2, 0.25) is 0 Å². The van der Waals surface area contributed by atoms with E-state index in [1.54, 1.807) is 18.4 Å². The number of hydrogen-bond donors (Lipinski definition) is 1. The Morgan fingerprint density at radius 2 is 2.10 bits per heavy atom. The third-order valence-corrected chi connectivity index (χ3v) is 4.72. The lowest BCUT2D eigenvalue weighted by atomic mass is 10.2. The van der Waals surface area contributed by atoms with Gasteiger partial charge in [-0.05, 0) is 54.5 Å². The topological polar surface area (TPSA) is 43.4 Å². The molecule has 1 aromatic heterocycles. The van der Waals surface area contributed by atoms with Gasteiger partial charge in [0.15, 0.2) is 11.5 Å². The molecule has 0 bridgehead atoms. The molecule has 2 aromatic rings. The number of halogens is 1. The highest BCUT2D eigenvalue weighted by molar-refractivity contribution is 9.10. The van der Waals surface area contributed by atoms with Crippen molar-refractivity contribution in [3.8, 4) is 11.5 Å². The van der Waals surface area contributed by atoms with Crippen LogP contribution >= 0.6 is 27.3 Å². The molecule has 1 aromatic carbocycles. The average Bonchev–Trinajstić information content (AvgIpc) is 2.76. The molecular formula is C15H19BrN2O2S. The van der Waals surface area contributed by atoms with E-state index in [0.29, 0.717) is 12.4 Å². The Balaban J connectivity index is 2.18. The Labute approximate surface area is 137 Å². The van der Waals surface area contributed by atoms with E-state index in [4.69, 9.17) is 9.47 Å². The summed E-state index contributed by atoms with van der Waals surface area (Å²) in [6, 6.07) is 4.02. The van der Waals surface area contributed by atoms with Gasteiger partial charge in [0, 0.05) is 11.4 Å². The van der Waals surface area contributed by atoms with Crippen LogP contribution in [0.5, 0.6) is 11.5 Å². The van der Waals surface area contributed by atoms with Crippen molar-refractivity contribution >= 4 is 27.3 Å². The van der Waals surface area contributed by atoms with Crippen LogP contribution in [0.3, 0.4) is 0 Å². The minimum atomic E-state index is 0.444. The first-order valence-corrected chi connectivity index (χ1v) is 8.22. The van der Waals surface area contributed by atoms with E-state index in [-0.39, 0.29) is 0 Å². The van der Waals surface area contributed by atoms with E-state index >= 15 is 0 Å². The molecule has 0 fully saturated rings. The summed E-state index contributed by atoms with van der Waals surface area (Å²) in [5, 5.41) is 4.09. The highest BCUT2D eigenvalue weighted by Gasteiger charge is 2.13. The minimum absolute atomic E-state index is 0.444. The van der Waals surface area contributed by atoms with Crippen molar-refractivity contribution in [2.75, 3.05) is 14.2 Å². The molecule has 0 saturated carbocycles. The molecule has 0 aliphatic rings. The summed E-state index contributed by atoms with van der Waals surface area (Å²) in [6.07, 6.45) is 0. The first-order valence-electron chi connectivity index (χ1n) is 6.61. The van der Waals surface area contributed by atoms with Gasteiger partial charge in [0.05, 0.1) is 17.3 Å². The summed E-state index contributed by atoms with van der Waals surface area (Å²) in [7, 11) is 3.56. The molecule has 0 unspecified atom stereocenters. The predicted molar refractivity (Wildman–Crippen MR) is 89.4 cm³/mol. The second kappa shape index (κ2) is 7.24. The summed E-state index contributed by atoms with van der Waals surface area (Å²) in [5.41, 5.74) is 2.20. The lowest BCUT2D eigenvalue weighted by Gasteiger charge is -2.13. The summed E-state index contributed by atoms with van der Waals surface area (Å²) >= 11 is 5.21. The number of aromatic nitrogens is 1. The second-order valence-electron chi connectivity index (χ2n) is 4.68. The van der Waals surface area contributed by atoms with Gasteiger partial charge in [-0.15, -0.1) is 11.3 Å². The van der Waals surface area contributed by atoms with Gasteiger partial charge in [-0.3, -0.25) is 0 Å². The molecular weight excluding hydrogens is 352 g/mol. The van der Waals surface area contributed by atoms with Crippen molar-refractivity contribution in [2.24, 2.45) is 0 Å². The van der Waals surface area contributed by atoms with Crippen LogP contribution in [0, 0.1) is 13.8 Å². The van der Waals surface area contributed by atoms with Crippen LogP contribution in [-0.4, -0.2) is 19.1 Å². The lowest BCUT2D eigenvalue weighted by Crippen LogP contribution is -2.06. The van der Waals surface area contributed by atoms with E-state index in [1.807, 2.05) is 26.1 Å². The number of aryl methyl sites for hydroxylation is 2. The van der Waals surface area contributed by atoms with Gasteiger partial charge in [-0.25, -0.2) is 4.98 Å². The van der Waals surface area contributed by atoms with Crippen molar-refractivity contribution in [1.82, 2.24) is 10.3 Å². The zero-order valence-electron chi connectivity index (χ0n) is 12.6. The first-order chi connectivity index (χ1) is 10.0. The smallest absolute Gasteiger partial charge is 0.175 e. The molecule has 0 aliphatic carbocycles. The van der Waals surface area contributed by atoms with Crippen molar-refractivity contribution in [3.63, 3.8) is 0 Å². The molecule has 6 heteroatoms. The highest BCUT2D eigenvalue weighted by Crippen LogP contribution is 2.37. The van der Waals surface area contributed by atoms with Gasteiger partial charge >= 0.3 is 0 Å². The van der Waals surface area contributed by atoms with Crippen LogP contribution in [0.1, 0.15) is 21.1 Å². The third-order valence-electron chi connectivity index (χ3n) is 3.08. The van der Waals surface area contributed by atoms with E-state index < -0.39 is 0 Å². The summed E-state index contributed by atoms with van der Waals surface area (Å²) < 4.78 is 12.2. The quantitative estimate of drug-likeness (QED) is 0.838. The molecule has 114 valence electrons. The van der Waals surface area contributed by atoms with Crippen LogP contribution in [0.4, 0.5) is 0 Å². The molecule has 0 atom stereocenters. The fraction of sp³-hybridized carbons (Fsp3) is 0.400. The number of ether oxygens (including phenoxy) is 2. The fourth-order valence-corrected chi connectivity index (χ4v) is 3.41. The molecule has 21 heavy (non-hydrogen) atoms. The zero-order valence-corrected chi connectivity index (χ0v) is 15.0. The maximum absolute atomic E-state index is 5.90. The number of nitrogens with one attached hydrogen (secondary N) is 1. The molecule has 0 spiro atoms. The van der Waals surface area contributed by atoms with Crippen LogP contribution in [0.2, 0.25) is 0 Å². The van der Waals surface area contributed by atoms with E-state index in [0.717, 1.165) is 33.0 Å². The number of nitrogens with zero attached hydrogens (tertiary/aromatic N) is 1. The monoisotopic (exact) mass is 370 g/mol. The van der Waals surface area contributed by atoms with E-state index in [2.05, 4.69) is 33.2 Å². The minimum Gasteiger partial charge on any atom is -0.493 e. The van der Waals surface area contributed by atoms with Crippen molar-refractivity contribution in [1.29, 1.82) is 0 Å². The zero-order chi connectivity index (χ0) is 15.4. The molecule has 0 radical (unpaired) electrons. The summed E-state index contributed by atoms with van der Waals surface area (Å²) in [5.74, 6) is 1.43.